The van der Waals surface area contributed by atoms with Gasteiger partial charge in [0.1, 0.15) is 10.4 Å². The summed E-state index contributed by atoms with van der Waals surface area (Å²) in [6.07, 6.45) is 0. The van der Waals surface area contributed by atoms with Crippen LogP contribution in [-0.4, -0.2) is 18.7 Å². The molecule has 3 rings (SSSR count). The van der Waals surface area contributed by atoms with Crippen molar-refractivity contribution in [2.24, 2.45) is 0 Å². The lowest BCUT2D eigenvalue weighted by Crippen LogP contribution is -2.13. The number of sulfonamides is 1. The monoisotopic (exact) mass is 367 g/mol. The van der Waals surface area contributed by atoms with Crippen molar-refractivity contribution in [3.8, 4) is 0 Å². The minimum absolute atomic E-state index is 0.0220. The maximum atomic E-state index is 12.5. The molecule has 1 heterocycles. The average molecular weight is 368 g/mol. The molecule has 8 heteroatoms. The molecule has 0 spiro atoms. The first kappa shape index (κ1) is 14.0. The molecule has 0 atom stereocenters. The van der Waals surface area contributed by atoms with Gasteiger partial charge in [-0.05, 0) is 63.0 Å². The van der Waals surface area contributed by atoms with E-state index in [0.717, 1.165) is 5.56 Å². The van der Waals surface area contributed by atoms with Gasteiger partial charge in [-0.3, -0.25) is 4.72 Å². The topological polar surface area (TPSA) is 85.1 Å². The van der Waals surface area contributed by atoms with Crippen LogP contribution in [0.2, 0.25) is 0 Å². The number of rotatable bonds is 3. The lowest BCUT2D eigenvalue weighted by Gasteiger charge is -2.10. The van der Waals surface area contributed by atoms with E-state index in [9.17, 15) is 8.42 Å². The lowest BCUT2D eigenvalue weighted by molar-refractivity contribution is 0.315. The highest BCUT2D eigenvalue weighted by Crippen LogP contribution is 2.27. The van der Waals surface area contributed by atoms with Gasteiger partial charge in [0.2, 0.25) is 0 Å². The van der Waals surface area contributed by atoms with Crippen LogP contribution >= 0.6 is 15.9 Å². The van der Waals surface area contributed by atoms with E-state index < -0.39 is 10.0 Å². The van der Waals surface area contributed by atoms with Crippen molar-refractivity contribution in [1.82, 2.24) is 10.3 Å². The van der Waals surface area contributed by atoms with E-state index in [4.69, 9.17) is 0 Å². The van der Waals surface area contributed by atoms with Crippen molar-refractivity contribution in [2.75, 3.05) is 4.72 Å². The van der Waals surface area contributed by atoms with Gasteiger partial charge in [-0.1, -0.05) is 12.1 Å². The van der Waals surface area contributed by atoms with Crippen molar-refractivity contribution in [1.29, 1.82) is 0 Å². The third kappa shape index (κ3) is 2.64. The van der Waals surface area contributed by atoms with Gasteiger partial charge in [0.25, 0.3) is 10.0 Å². The smallest absolute Gasteiger partial charge is 0.264 e. The van der Waals surface area contributed by atoms with Crippen LogP contribution in [-0.2, 0) is 10.0 Å². The zero-order chi connectivity index (χ0) is 15.0. The molecule has 0 saturated heterocycles. The summed E-state index contributed by atoms with van der Waals surface area (Å²) < 4.78 is 32.8. The fourth-order valence-corrected chi connectivity index (χ4v) is 3.86. The van der Waals surface area contributed by atoms with Crippen LogP contribution in [0.25, 0.3) is 11.0 Å². The normalized spacial score (nSPS) is 11.7. The number of benzene rings is 2. The van der Waals surface area contributed by atoms with Gasteiger partial charge in [0, 0.05) is 4.47 Å². The summed E-state index contributed by atoms with van der Waals surface area (Å²) in [7, 11) is -3.79. The Kier molecular flexibility index (Phi) is 3.42. The van der Waals surface area contributed by atoms with Gasteiger partial charge in [0.15, 0.2) is 5.52 Å². The number of aryl methyl sites for hydroxylation is 1. The maximum Gasteiger partial charge on any atom is 0.264 e. The van der Waals surface area contributed by atoms with Crippen LogP contribution in [0.5, 0.6) is 0 Å². The highest BCUT2D eigenvalue weighted by atomic mass is 79.9. The van der Waals surface area contributed by atoms with E-state index in [-0.39, 0.29) is 10.4 Å². The molecule has 6 nitrogen and oxygen atoms in total. The molecule has 21 heavy (non-hydrogen) atoms. The Morgan fingerprint density at radius 1 is 1.19 bits per heavy atom. The van der Waals surface area contributed by atoms with Crippen LogP contribution in [0.4, 0.5) is 5.69 Å². The summed E-state index contributed by atoms with van der Waals surface area (Å²) in [5, 5.41) is 7.29. The van der Waals surface area contributed by atoms with Gasteiger partial charge < -0.3 is 0 Å². The molecule has 0 saturated carbocycles. The molecule has 1 aromatic heterocycles. The Morgan fingerprint density at radius 2 is 2.00 bits per heavy atom. The van der Waals surface area contributed by atoms with Crippen molar-refractivity contribution in [3.63, 3.8) is 0 Å². The first-order valence-corrected chi connectivity index (χ1v) is 8.25. The number of anilines is 1. The van der Waals surface area contributed by atoms with Gasteiger partial charge in [-0.15, -0.1) is 0 Å². The van der Waals surface area contributed by atoms with Crippen LogP contribution in [0.1, 0.15) is 5.56 Å². The number of halogens is 1. The van der Waals surface area contributed by atoms with Crippen LogP contribution < -0.4 is 4.72 Å². The zero-order valence-electron chi connectivity index (χ0n) is 10.9. The van der Waals surface area contributed by atoms with Crippen LogP contribution in [0.15, 0.2) is 50.4 Å². The third-order valence-electron chi connectivity index (χ3n) is 2.91. The minimum atomic E-state index is -3.79. The Bertz CT molecular complexity index is 921. The first-order chi connectivity index (χ1) is 9.97. The summed E-state index contributed by atoms with van der Waals surface area (Å²) in [5.41, 5.74) is 2.07. The predicted molar refractivity (Wildman–Crippen MR) is 81.5 cm³/mol. The molecule has 0 radical (unpaired) electrons. The van der Waals surface area contributed by atoms with E-state index in [1.807, 2.05) is 19.1 Å². The molecule has 1 N–H and O–H groups in total. The minimum Gasteiger partial charge on any atom is -0.278 e. The number of hydrogen-bond acceptors (Lipinski definition) is 5. The molecular weight excluding hydrogens is 358 g/mol. The quantitative estimate of drug-likeness (QED) is 0.768. The molecule has 3 aromatic rings. The van der Waals surface area contributed by atoms with Crippen molar-refractivity contribution in [2.45, 2.75) is 11.8 Å². The largest absolute Gasteiger partial charge is 0.278 e. The predicted octanol–water partition coefficient (Wildman–Crippen LogP) is 3.09. The number of hydrogen-bond donors (Lipinski definition) is 1. The van der Waals surface area contributed by atoms with E-state index in [1.54, 1.807) is 18.2 Å². The van der Waals surface area contributed by atoms with Crippen molar-refractivity contribution in [3.05, 3.63) is 46.4 Å². The summed E-state index contributed by atoms with van der Waals surface area (Å²) in [5.74, 6) is 0. The zero-order valence-corrected chi connectivity index (χ0v) is 13.3. The highest BCUT2D eigenvalue weighted by Gasteiger charge is 2.21. The standard InChI is InChI=1S/C13H10BrN3O3S/c1-8-5-6-10(9(14)7-8)17-21(18,19)12-4-2-3-11-13(12)16-20-15-11/h2-7,17H,1H3. The molecule has 0 aliphatic rings. The second kappa shape index (κ2) is 5.12. The van der Waals surface area contributed by atoms with Gasteiger partial charge in [-0.2, -0.15) is 0 Å². The van der Waals surface area contributed by atoms with E-state index >= 15 is 0 Å². The Balaban J connectivity index is 2.06. The van der Waals surface area contributed by atoms with Crippen molar-refractivity contribution < 1.29 is 13.0 Å². The average Bonchev–Trinajstić information content (AvgIpc) is 2.90. The van der Waals surface area contributed by atoms with Crippen molar-refractivity contribution >= 4 is 42.7 Å². The Morgan fingerprint density at radius 3 is 2.76 bits per heavy atom. The van der Waals surface area contributed by atoms with E-state index in [2.05, 4.69) is 35.6 Å². The summed E-state index contributed by atoms with van der Waals surface area (Å²) in [4.78, 5) is 0.0220. The number of aromatic nitrogens is 2. The molecule has 2 aromatic carbocycles. The fraction of sp³-hybridized carbons (Fsp3) is 0.0769. The second-order valence-corrected chi connectivity index (χ2v) is 6.98. The molecule has 0 aliphatic carbocycles. The second-order valence-electron chi connectivity index (χ2n) is 4.48. The SMILES string of the molecule is Cc1ccc(NS(=O)(=O)c2cccc3nonc23)c(Br)c1. The summed E-state index contributed by atoms with van der Waals surface area (Å²) in [6.45, 7) is 1.92. The molecule has 0 unspecified atom stereocenters. The molecule has 0 bridgehead atoms. The lowest BCUT2D eigenvalue weighted by atomic mass is 10.2. The highest BCUT2D eigenvalue weighted by molar-refractivity contribution is 9.10. The summed E-state index contributed by atoms with van der Waals surface area (Å²) in [6, 6.07) is 10.0. The Hall–Kier alpha value is -1.93. The van der Waals surface area contributed by atoms with E-state index in [1.165, 1.54) is 6.07 Å². The fourth-order valence-electron chi connectivity index (χ4n) is 1.90. The molecule has 0 fully saturated rings. The number of nitrogens with zero attached hydrogens (tertiary/aromatic N) is 2. The maximum absolute atomic E-state index is 12.5. The van der Waals surface area contributed by atoms with Crippen LogP contribution in [0.3, 0.4) is 0 Å². The Labute approximate surface area is 129 Å². The third-order valence-corrected chi connectivity index (χ3v) is 4.96. The van der Waals surface area contributed by atoms with Gasteiger partial charge in [-0.25, -0.2) is 13.0 Å². The van der Waals surface area contributed by atoms with E-state index in [0.29, 0.717) is 15.7 Å². The van der Waals surface area contributed by atoms with Crippen LogP contribution in [0, 0.1) is 6.92 Å². The number of fused-ring (bicyclic) bond motifs is 1. The van der Waals surface area contributed by atoms with Gasteiger partial charge >= 0.3 is 0 Å². The summed E-state index contributed by atoms with van der Waals surface area (Å²) >= 11 is 3.34. The molecule has 0 aliphatic heterocycles. The first-order valence-electron chi connectivity index (χ1n) is 5.97. The molecule has 108 valence electrons. The van der Waals surface area contributed by atoms with Gasteiger partial charge in [0.05, 0.1) is 5.69 Å². The number of nitrogens with one attached hydrogen (secondary N) is 1. The molecular formula is C13H10BrN3O3S. The molecule has 0 amide bonds.